The molecule has 12 nitrogen and oxygen atoms in total. The van der Waals surface area contributed by atoms with Crippen molar-refractivity contribution < 1.29 is 42.6 Å². The van der Waals surface area contributed by atoms with Crippen LogP contribution < -0.4 is 0 Å². The van der Waals surface area contributed by atoms with Crippen LogP contribution in [-0.2, 0) is 69.1 Å². The topological polar surface area (TPSA) is 132 Å². The van der Waals surface area contributed by atoms with Crippen LogP contribution in [0.1, 0.15) is 34.1 Å². The van der Waals surface area contributed by atoms with Gasteiger partial charge in [-0.05, 0) is 39.9 Å². The number of hydrogen-bond acceptors (Lipinski definition) is 11. The highest BCUT2D eigenvalue weighted by Crippen LogP contribution is 2.43. The Morgan fingerprint density at radius 2 is 1.05 bits per heavy atom. The molecule has 11 unspecified atom stereocenters. The van der Waals surface area contributed by atoms with E-state index in [1.807, 2.05) is 182 Å². The van der Waals surface area contributed by atoms with E-state index in [1.54, 1.807) is 0 Å². The van der Waals surface area contributed by atoms with Gasteiger partial charge in [-0.2, -0.15) is 0 Å². The van der Waals surface area contributed by atoms with Gasteiger partial charge in [0.2, 0.25) is 0 Å². The fraction of sp³-hybridized carbons (Fsp3) is 0.321. The summed E-state index contributed by atoms with van der Waals surface area (Å²) in [5.41, 5.74) is 14.3. The van der Waals surface area contributed by atoms with Crippen molar-refractivity contribution in [2.45, 2.75) is 98.1 Å². The van der Waals surface area contributed by atoms with Crippen molar-refractivity contribution in [3.05, 3.63) is 220 Å². The minimum absolute atomic E-state index is 0.136. The lowest BCUT2D eigenvalue weighted by atomic mass is 9.95. The molecule has 340 valence electrons. The smallest absolute Gasteiger partial charge is 0.187 e. The number of rotatable bonds is 19. The average molecular weight is 908 g/mol. The van der Waals surface area contributed by atoms with Crippen molar-refractivity contribution in [1.82, 2.24) is 0 Å². The van der Waals surface area contributed by atoms with Crippen molar-refractivity contribution in [3.8, 4) is 0 Å². The number of azide groups is 1. The van der Waals surface area contributed by atoms with Gasteiger partial charge in [-0.25, -0.2) is 0 Å². The lowest BCUT2D eigenvalue weighted by Gasteiger charge is -2.51. The summed E-state index contributed by atoms with van der Waals surface area (Å²) in [7, 11) is 0. The normalized spacial score (nSPS) is 27.3. The molecule has 0 aliphatic carbocycles. The molecule has 0 saturated carbocycles. The van der Waals surface area contributed by atoms with E-state index in [0.29, 0.717) is 6.61 Å². The molecule has 0 spiro atoms. The third kappa shape index (κ3) is 11.9. The Bertz CT molecular complexity index is 2390. The molecule has 3 heterocycles. The van der Waals surface area contributed by atoms with Crippen LogP contribution in [0.3, 0.4) is 0 Å². The van der Waals surface area contributed by atoms with Crippen LogP contribution in [0.15, 0.2) is 192 Å². The van der Waals surface area contributed by atoms with E-state index in [0.717, 1.165) is 32.7 Å². The first-order chi connectivity index (χ1) is 32.7. The standard InChI is InChI=1S/C53H53N3O9S/c54-56-55-45-48(47-44(63-53(45)66-42-29-17-6-18-30-42)36-61-51(64-47)41-27-15-5-16-28-41)65-52-50(60-34-40-25-13-4-14-26-40)49(59-33-39-23-11-3-12-24-39)46(58-32-38-21-9-2-10-22-38)43(62-52)35-57-31-37-19-7-1-8-20-37/h1-30,43-53H,31-36H2. The fourth-order valence-electron chi connectivity index (χ4n) is 8.42. The van der Waals surface area contributed by atoms with Crippen molar-refractivity contribution in [3.63, 3.8) is 0 Å². The van der Waals surface area contributed by atoms with Gasteiger partial charge in [0, 0.05) is 15.4 Å². The number of thioether (sulfide) groups is 1. The third-order valence-electron chi connectivity index (χ3n) is 11.7. The first-order valence-electron chi connectivity index (χ1n) is 22.3. The maximum Gasteiger partial charge on any atom is 0.187 e. The van der Waals surface area contributed by atoms with Crippen LogP contribution in [0.5, 0.6) is 0 Å². The molecule has 6 aromatic rings. The minimum atomic E-state index is -1.11. The van der Waals surface area contributed by atoms with Crippen LogP contribution >= 0.6 is 11.8 Å². The zero-order valence-electron chi connectivity index (χ0n) is 36.3. The first-order valence-corrected chi connectivity index (χ1v) is 23.2. The predicted octanol–water partition coefficient (Wildman–Crippen LogP) is 10.4. The van der Waals surface area contributed by atoms with E-state index in [9.17, 15) is 5.53 Å². The van der Waals surface area contributed by atoms with Gasteiger partial charge in [0.05, 0.1) is 39.6 Å². The Hall–Kier alpha value is -5.38. The first kappa shape index (κ1) is 45.8. The summed E-state index contributed by atoms with van der Waals surface area (Å²) in [5, 5.41) is 4.40. The van der Waals surface area contributed by atoms with Gasteiger partial charge in [0.1, 0.15) is 54.2 Å². The van der Waals surface area contributed by atoms with Crippen molar-refractivity contribution in [1.29, 1.82) is 0 Å². The van der Waals surface area contributed by atoms with Gasteiger partial charge in [0.25, 0.3) is 0 Å². The molecule has 3 fully saturated rings. The molecular weight excluding hydrogens is 855 g/mol. The maximum absolute atomic E-state index is 10.2. The van der Waals surface area contributed by atoms with E-state index in [1.165, 1.54) is 11.8 Å². The summed E-state index contributed by atoms with van der Waals surface area (Å²) < 4.78 is 61.7. The quantitative estimate of drug-likeness (QED) is 0.0440. The number of ether oxygens (including phenoxy) is 9. The van der Waals surface area contributed by atoms with Gasteiger partial charge < -0.3 is 42.6 Å². The molecular formula is C53H53N3O9S. The molecule has 0 bridgehead atoms. The second kappa shape index (κ2) is 23.4. The minimum Gasteiger partial charge on any atom is -0.374 e. The number of nitrogens with zero attached hydrogens (tertiary/aromatic N) is 3. The maximum atomic E-state index is 10.2. The van der Waals surface area contributed by atoms with Gasteiger partial charge in [-0.15, -0.1) is 0 Å². The SMILES string of the molecule is [N-]=[N+]=NC1C(Sc2ccccc2)OC2COC(c3ccccc3)OC2C1OC1OC(COCc2ccccc2)C(OCc2ccccc2)C(OCc2ccccc2)C1OCc1ccccc1. The fourth-order valence-corrected chi connectivity index (χ4v) is 9.55. The van der Waals surface area contributed by atoms with E-state index in [-0.39, 0.29) is 33.0 Å². The summed E-state index contributed by atoms with van der Waals surface area (Å²) in [4.78, 5) is 4.29. The van der Waals surface area contributed by atoms with Crippen LogP contribution in [0.2, 0.25) is 0 Å². The van der Waals surface area contributed by atoms with Crippen LogP contribution in [0, 0.1) is 0 Å². The molecule has 0 N–H and O–H groups in total. The molecule has 0 radical (unpaired) electrons. The van der Waals surface area contributed by atoms with Crippen LogP contribution in [0.4, 0.5) is 0 Å². The molecule has 66 heavy (non-hydrogen) atoms. The molecule has 9 rings (SSSR count). The molecule has 6 aromatic carbocycles. The highest BCUT2D eigenvalue weighted by atomic mass is 32.2. The zero-order valence-corrected chi connectivity index (χ0v) is 37.2. The number of hydrogen-bond donors (Lipinski definition) is 0. The lowest BCUT2D eigenvalue weighted by molar-refractivity contribution is -0.366. The third-order valence-corrected chi connectivity index (χ3v) is 12.9. The molecule has 3 saturated heterocycles. The Morgan fingerprint density at radius 3 is 1.61 bits per heavy atom. The van der Waals surface area contributed by atoms with E-state index < -0.39 is 66.8 Å². The second-order valence-corrected chi connectivity index (χ2v) is 17.4. The summed E-state index contributed by atoms with van der Waals surface area (Å²) in [6, 6.07) is 58.6. The van der Waals surface area contributed by atoms with E-state index in [2.05, 4.69) is 10.0 Å². The molecule has 0 aromatic heterocycles. The Kier molecular flexibility index (Phi) is 16.2. The zero-order chi connectivity index (χ0) is 44.8. The Labute approximate surface area is 389 Å². The second-order valence-electron chi connectivity index (χ2n) is 16.3. The van der Waals surface area contributed by atoms with Gasteiger partial charge in [-0.1, -0.05) is 187 Å². The van der Waals surface area contributed by atoms with Crippen molar-refractivity contribution in [2.24, 2.45) is 5.11 Å². The molecule has 11 atom stereocenters. The largest absolute Gasteiger partial charge is 0.374 e. The van der Waals surface area contributed by atoms with E-state index >= 15 is 0 Å². The van der Waals surface area contributed by atoms with Crippen molar-refractivity contribution >= 4 is 11.8 Å². The Morgan fingerprint density at radius 1 is 0.545 bits per heavy atom. The molecule has 3 aliphatic rings. The number of benzene rings is 6. The molecule has 3 aliphatic heterocycles. The van der Waals surface area contributed by atoms with Gasteiger partial charge in [-0.3, -0.25) is 0 Å². The molecule has 13 heteroatoms. The molecule has 0 amide bonds. The summed E-state index contributed by atoms with van der Waals surface area (Å²) in [6.45, 7) is 1.43. The summed E-state index contributed by atoms with van der Waals surface area (Å²) in [5.74, 6) is 0. The summed E-state index contributed by atoms with van der Waals surface area (Å²) in [6.07, 6.45) is -7.14. The highest BCUT2D eigenvalue weighted by molar-refractivity contribution is 7.99. The highest BCUT2D eigenvalue weighted by Gasteiger charge is 2.55. The lowest BCUT2D eigenvalue weighted by Crippen LogP contribution is -2.66. The predicted molar refractivity (Wildman–Crippen MR) is 249 cm³/mol. The van der Waals surface area contributed by atoms with E-state index in [4.69, 9.17) is 42.6 Å². The number of fused-ring (bicyclic) bond motifs is 1. The van der Waals surface area contributed by atoms with Gasteiger partial charge >= 0.3 is 0 Å². The van der Waals surface area contributed by atoms with Crippen LogP contribution in [-0.4, -0.2) is 73.7 Å². The van der Waals surface area contributed by atoms with Crippen molar-refractivity contribution in [2.75, 3.05) is 13.2 Å². The monoisotopic (exact) mass is 907 g/mol. The van der Waals surface area contributed by atoms with Gasteiger partial charge in [0.15, 0.2) is 12.6 Å². The average Bonchev–Trinajstić information content (AvgIpc) is 3.37. The Balaban J connectivity index is 1.10. The summed E-state index contributed by atoms with van der Waals surface area (Å²) >= 11 is 1.45. The van der Waals surface area contributed by atoms with Crippen LogP contribution in [0.25, 0.3) is 10.4 Å².